The van der Waals surface area contributed by atoms with E-state index in [0.29, 0.717) is 0 Å². The van der Waals surface area contributed by atoms with Gasteiger partial charge in [0.2, 0.25) is 0 Å². The summed E-state index contributed by atoms with van der Waals surface area (Å²) in [5.41, 5.74) is -0.870. The van der Waals surface area contributed by atoms with Gasteiger partial charge in [0.25, 0.3) is 0 Å². The van der Waals surface area contributed by atoms with E-state index in [9.17, 15) is 9.90 Å². The fourth-order valence-electron chi connectivity index (χ4n) is 2.92. The fraction of sp³-hybridized carbons (Fsp3) is 0.933. The summed E-state index contributed by atoms with van der Waals surface area (Å²) in [5, 5.41) is 15.3. The van der Waals surface area contributed by atoms with Crippen molar-refractivity contribution in [2.24, 2.45) is 5.41 Å². The Hall–Kier alpha value is -0.810. The molecule has 20 heavy (non-hydrogen) atoms. The third kappa shape index (κ3) is 3.09. The van der Waals surface area contributed by atoms with Crippen molar-refractivity contribution in [3.05, 3.63) is 0 Å². The molecule has 1 saturated carbocycles. The number of hydrogen-bond acceptors (Lipinski definition) is 3. The highest BCUT2D eigenvalue weighted by Crippen LogP contribution is 2.51. The van der Waals surface area contributed by atoms with Gasteiger partial charge in [-0.15, -0.1) is 0 Å². The Balaban J connectivity index is 2.57. The van der Waals surface area contributed by atoms with E-state index >= 15 is 0 Å². The molecule has 0 aromatic carbocycles. The second kappa shape index (κ2) is 5.90. The Morgan fingerprint density at radius 3 is 2.45 bits per heavy atom. The molecule has 1 aliphatic carbocycles. The van der Waals surface area contributed by atoms with Crippen LogP contribution in [0.4, 0.5) is 4.79 Å². The van der Waals surface area contributed by atoms with Crippen molar-refractivity contribution in [1.82, 2.24) is 10.6 Å². The Kier molecular flexibility index (Phi) is 5.08. The molecule has 0 aromatic rings. The molecule has 0 bridgehead atoms. The van der Waals surface area contributed by atoms with E-state index in [4.69, 9.17) is 4.74 Å². The summed E-state index contributed by atoms with van der Waals surface area (Å²) >= 11 is 0. The van der Waals surface area contributed by atoms with E-state index in [2.05, 4.69) is 31.4 Å². The second-order valence-electron chi connectivity index (χ2n) is 6.98. The number of hydrogen-bond donors (Lipinski definition) is 3. The summed E-state index contributed by atoms with van der Waals surface area (Å²) in [6, 6.07) is -0.136. The van der Waals surface area contributed by atoms with Gasteiger partial charge in [0.05, 0.1) is 17.7 Å². The number of amides is 2. The van der Waals surface area contributed by atoms with Gasteiger partial charge in [-0.1, -0.05) is 27.2 Å². The highest BCUT2D eigenvalue weighted by atomic mass is 16.5. The van der Waals surface area contributed by atoms with Gasteiger partial charge in [-0.2, -0.15) is 0 Å². The van der Waals surface area contributed by atoms with E-state index in [0.717, 1.165) is 19.3 Å². The molecule has 0 heterocycles. The van der Waals surface area contributed by atoms with Crippen molar-refractivity contribution in [3.8, 4) is 0 Å². The predicted molar refractivity (Wildman–Crippen MR) is 79.7 cm³/mol. The quantitative estimate of drug-likeness (QED) is 0.700. The van der Waals surface area contributed by atoms with Crippen LogP contribution in [-0.4, -0.2) is 42.0 Å². The van der Waals surface area contributed by atoms with Crippen molar-refractivity contribution in [2.75, 3.05) is 13.7 Å². The summed E-state index contributed by atoms with van der Waals surface area (Å²) < 4.78 is 5.55. The minimum Gasteiger partial charge on any atom is -0.394 e. The van der Waals surface area contributed by atoms with Gasteiger partial charge in [-0.25, -0.2) is 4.79 Å². The van der Waals surface area contributed by atoms with Crippen LogP contribution in [0.2, 0.25) is 0 Å². The molecule has 5 nitrogen and oxygen atoms in total. The summed E-state index contributed by atoms with van der Waals surface area (Å²) in [7, 11) is 1.71. The number of aliphatic hydroxyl groups excluding tert-OH is 1. The average molecular weight is 286 g/mol. The third-order valence-corrected chi connectivity index (χ3v) is 5.15. The molecule has 3 N–H and O–H groups in total. The van der Waals surface area contributed by atoms with Gasteiger partial charge in [-0.3, -0.25) is 0 Å². The van der Waals surface area contributed by atoms with Gasteiger partial charge in [0.1, 0.15) is 0 Å². The van der Waals surface area contributed by atoms with Gasteiger partial charge in [0.15, 0.2) is 0 Å². The molecule has 1 fully saturated rings. The first-order chi connectivity index (χ1) is 9.14. The molecule has 118 valence electrons. The zero-order valence-electron chi connectivity index (χ0n) is 13.7. The molecule has 0 aliphatic heterocycles. The minimum absolute atomic E-state index is 0.0574. The zero-order chi connectivity index (χ0) is 15.6. The lowest BCUT2D eigenvalue weighted by atomic mass is 9.56. The first-order valence-electron chi connectivity index (χ1n) is 7.39. The summed E-state index contributed by atoms with van der Waals surface area (Å²) in [5.74, 6) is 0. The molecule has 3 unspecified atom stereocenters. The monoisotopic (exact) mass is 286 g/mol. The normalized spacial score (nSPS) is 31.1. The number of ether oxygens (including phenoxy) is 1. The smallest absolute Gasteiger partial charge is 0.315 e. The Morgan fingerprint density at radius 1 is 1.45 bits per heavy atom. The average Bonchev–Trinajstić information content (AvgIpc) is 2.38. The van der Waals surface area contributed by atoms with Crippen LogP contribution >= 0.6 is 0 Å². The number of carbonyl (C=O) groups is 1. The molecule has 0 radical (unpaired) electrons. The van der Waals surface area contributed by atoms with Crippen LogP contribution < -0.4 is 10.6 Å². The largest absolute Gasteiger partial charge is 0.394 e. The molecule has 5 heteroatoms. The fourth-order valence-corrected chi connectivity index (χ4v) is 2.92. The number of aliphatic hydroxyl groups is 1. The molecule has 2 amide bonds. The van der Waals surface area contributed by atoms with E-state index in [1.165, 1.54) is 0 Å². The van der Waals surface area contributed by atoms with Gasteiger partial charge >= 0.3 is 6.03 Å². The standard InChI is InChI=1S/C15H30N2O3/c1-7-8-14(4,10-18)17-12(19)16-11-9-15(5,20-6)13(11,2)3/h11,18H,7-10H2,1-6H3,(H2,16,17,19). The summed E-state index contributed by atoms with van der Waals surface area (Å²) in [4.78, 5) is 12.1. The molecule has 0 spiro atoms. The van der Waals surface area contributed by atoms with Crippen LogP contribution in [0.5, 0.6) is 0 Å². The molecule has 1 rings (SSSR count). The Bertz CT molecular complexity index is 359. The Morgan fingerprint density at radius 2 is 2.05 bits per heavy atom. The van der Waals surface area contributed by atoms with E-state index in [-0.39, 0.29) is 29.7 Å². The number of urea groups is 1. The molecule has 1 aliphatic rings. The predicted octanol–water partition coefficient (Wildman–Crippen LogP) is 2.04. The SMILES string of the molecule is CCCC(C)(CO)NC(=O)NC1CC(C)(OC)C1(C)C. The maximum atomic E-state index is 12.1. The number of methoxy groups -OCH3 is 1. The van der Waals surface area contributed by atoms with Gasteiger partial charge in [0, 0.05) is 18.6 Å². The minimum atomic E-state index is -0.558. The van der Waals surface area contributed by atoms with E-state index in [1.807, 2.05) is 13.8 Å². The molecule has 0 aromatic heterocycles. The maximum Gasteiger partial charge on any atom is 0.315 e. The van der Waals surface area contributed by atoms with Crippen LogP contribution in [0.1, 0.15) is 53.9 Å². The van der Waals surface area contributed by atoms with Crippen molar-refractivity contribution in [3.63, 3.8) is 0 Å². The van der Waals surface area contributed by atoms with Crippen molar-refractivity contribution in [1.29, 1.82) is 0 Å². The first-order valence-corrected chi connectivity index (χ1v) is 7.39. The lowest BCUT2D eigenvalue weighted by Gasteiger charge is -2.59. The lowest BCUT2D eigenvalue weighted by Crippen LogP contribution is -2.70. The number of rotatable bonds is 6. The summed E-state index contributed by atoms with van der Waals surface area (Å²) in [6.07, 6.45) is 2.46. The van der Waals surface area contributed by atoms with Crippen molar-refractivity contribution >= 4 is 6.03 Å². The van der Waals surface area contributed by atoms with Crippen LogP contribution in [0, 0.1) is 5.41 Å². The first kappa shape index (κ1) is 17.2. The van der Waals surface area contributed by atoms with E-state index < -0.39 is 5.54 Å². The summed E-state index contributed by atoms with van der Waals surface area (Å²) in [6.45, 7) is 10.1. The number of carbonyl (C=O) groups excluding carboxylic acids is 1. The Labute approximate surface area is 122 Å². The topological polar surface area (TPSA) is 70.6 Å². The molecular weight excluding hydrogens is 256 g/mol. The molecule has 0 saturated heterocycles. The van der Waals surface area contributed by atoms with Crippen molar-refractivity contribution < 1.29 is 14.6 Å². The highest BCUT2D eigenvalue weighted by Gasteiger charge is 2.58. The van der Waals surface area contributed by atoms with Gasteiger partial charge in [-0.05, 0) is 26.7 Å². The van der Waals surface area contributed by atoms with Gasteiger partial charge < -0.3 is 20.5 Å². The second-order valence-corrected chi connectivity index (χ2v) is 6.98. The van der Waals surface area contributed by atoms with E-state index in [1.54, 1.807) is 7.11 Å². The third-order valence-electron chi connectivity index (χ3n) is 5.15. The highest BCUT2D eigenvalue weighted by molar-refractivity contribution is 5.75. The van der Waals surface area contributed by atoms with Crippen LogP contribution in [0.3, 0.4) is 0 Å². The zero-order valence-corrected chi connectivity index (χ0v) is 13.7. The maximum absolute atomic E-state index is 12.1. The van der Waals surface area contributed by atoms with Crippen LogP contribution in [0.25, 0.3) is 0 Å². The molecular formula is C15H30N2O3. The molecule has 3 atom stereocenters. The van der Waals surface area contributed by atoms with Crippen LogP contribution in [-0.2, 0) is 4.74 Å². The lowest BCUT2D eigenvalue weighted by molar-refractivity contribution is -0.177. The number of nitrogens with one attached hydrogen (secondary N) is 2. The van der Waals surface area contributed by atoms with Crippen LogP contribution in [0.15, 0.2) is 0 Å². The van der Waals surface area contributed by atoms with Crippen molar-refractivity contribution in [2.45, 2.75) is 71.1 Å².